The van der Waals surface area contributed by atoms with Gasteiger partial charge in [-0.3, -0.25) is 9.59 Å². The number of carboxylic acid groups (broad SMARTS) is 2. The number of ether oxygens (including phenoxy) is 1. The van der Waals surface area contributed by atoms with E-state index in [0.717, 1.165) is 44.9 Å². The van der Waals surface area contributed by atoms with Gasteiger partial charge >= 0.3 is 11.9 Å². The Morgan fingerprint density at radius 1 is 0.742 bits per heavy atom. The fourth-order valence-electron chi connectivity index (χ4n) is 3.05. The van der Waals surface area contributed by atoms with Crippen LogP contribution in [0.15, 0.2) is 0 Å². The van der Waals surface area contributed by atoms with Crippen LogP contribution in [0.3, 0.4) is 0 Å². The summed E-state index contributed by atoms with van der Waals surface area (Å²) >= 11 is 0. The molecular formula is C23H46O8. The lowest BCUT2D eigenvalue weighted by molar-refractivity contribution is -0.143. The number of aliphatic hydroxyl groups excluding tert-OH is 3. The number of unbranched alkanes of at least 4 members (excludes halogenated alkanes) is 3. The lowest BCUT2D eigenvalue weighted by Crippen LogP contribution is -2.38. The molecule has 0 bridgehead atoms. The molecule has 8 heteroatoms. The van der Waals surface area contributed by atoms with Crippen molar-refractivity contribution in [2.24, 2.45) is 17.3 Å². The molecular weight excluding hydrogens is 404 g/mol. The first-order chi connectivity index (χ1) is 14.8. The van der Waals surface area contributed by atoms with E-state index in [1.165, 1.54) is 6.42 Å². The van der Waals surface area contributed by atoms with Gasteiger partial charge in [-0.1, -0.05) is 52.9 Å². The van der Waals surface area contributed by atoms with E-state index >= 15 is 0 Å². The summed E-state index contributed by atoms with van der Waals surface area (Å²) in [7, 11) is 0. The zero-order chi connectivity index (χ0) is 24.1. The second kappa shape index (κ2) is 20.7. The molecule has 0 aliphatic heterocycles. The molecule has 2 unspecified atom stereocenters. The van der Waals surface area contributed by atoms with E-state index < -0.39 is 17.4 Å². The number of carbonyl (C=O) groups is 2. The van der Waals surface area contributed by atoms with Crippen molar-refractivity contribution in [3.05, 3.63) is 0 Å². The summed E-state index contributed by atoms with van der Waals surface area (Å²) in [4.78, 5) is 21.5. The van der Waals surface area contributed by atoms with Crippen LogP contribution in [-0.2, 0) is 14.3 Å². The molecule has 0 saturated carbocycles. The molecule has 2 atom stereocenters. The highest BCUT2D eigenvalue weighted by Crippen LogP contribution is 2.17. The predicted molar refractivity (Wildman–Crippen MR) is 120 cm³/mol. The Balaban J connectivity index is 0. The van der Waals surface area contributed by atoms with Gasteiger partial charge in [-0.15, -0.1) is 0 Å². The van der Waals surface area contributed by atoms with Crippen LogP contribution >= 0.6 is 0 Å². The summed E-state index contributed by atoms with van der Waals surface area (Å²) in [5.41, 5.74) is -0.993. The number of aliphatic carboxylic acids is 2. The van der Waals surface area contributed by atoms with Crippen LogP contribution in [-0.4, -0.2) is 70.5 Å². The molecule has 0 rings (SSSR count). The van der Waals surface area contributed by atoms with Crippen molar-refractivity contribution in [1.82, 2.24) is 0 Å². The fourth-order valence-corrected chi connectivity index (χ4v) is 3.05. The SMILES string of the molecule is CCC(CCCCOCC(CO)(CO)CO)C(=O)O.CCCCCC(CCC)C(=O)O. The van der Waals surface area contributed by atoms with Crippen LogP contribution < -0.4 is 0 Å². The van der Waals surface area contributed by atoms with Crippen molar-refractivity contribution in [3.63, 3.8) is 0 Å². The molecule has 0 aliphatic rings. The van der Waals surface area contributed by atoms with Gasteiger partial charge in [0.25, 0.3) is 0 Å². The average Bonchev–Trinajstić information content (AvgIpc) is 2.76. The topological polar surface area (TPSA) is 145 Å². The van der Waals surface area contributed by atoms with Gasteiger partial charge in [0, 0.05) is 6.61 Å². The average molecular weight is 451 g/mol. The Hall–Kier alpha value is -1.22. The molecule has 0 aromatic carbocycles. The summed E-state index contributed by atoms with van der Waals surface area (Å²) in [6.45, 7) is 5.54. The minimum Gasteiger partial charge on any atom is -0.481 e. The molecule has 0 spiro atoms. The second-order valence-corrected chi connectivity index (χ2v) is 8.29. The van der Waals surface area contributed by atoms with E-state index in [9.17, 15) is 9.59 Å². The Labute approximate surface area is 187 Å². The third kappa shape index (κ3) is 16.1. The highest BCUT2D eigenvalue weighted by molar-refractivity contribution is 5.70. The first-order valence-corrected chi connectivity index (χ1v) is 11.6. The molecule has 0 fully saturated rings. The lowest BCUT2D eigenvalue weighted by Gasteiger charge is -2.26. The zero-order valence-electron chi connectivity index (χ0n) is 19.7. The first-order valence-electron chi connectivity index (χ1n) is 11.6. The molecule has 31 heavy (non-hydrogen) atoms. The van der Waals surface area contributed by atoms with E-state index in [2.05, 4.69) is 6.92 Å². The van der Waals surface area contributed by atoms with Gasteiger partial charge in [0.15, 0.2) is 0 Å². The smallest absolute Gasteiger partial charge is 0.306 e. The third-order valence-corrected chi connectivity index (χ3v) is 5.49. The Kier molecular flexibility index (Phi) is 21.3. The lowest BCUT2D eigenvalue weighted by atomic mass is 9.93. The van der Waals surface area contributed by atoms with Crippen molar-refractivity contribution >= 4 is 11.9 Å². The van der Waals surface area contributed by atoms with Gasteiger partial charge in [-0.25, -0.2) is 0 Å². The molecule has 5 N–H and O–H groups in total. The molecule has 0 radical (unpaired) electrons. The maximum atomic E-state index is 10.8. The number of hydrogen-bond acceptors (Lipinski definition) is 6. The highest BCUT2D eigenvalue weighted by atomic mass is 16.5. The first kappa shape index (κ1) is 32.0. The minimum absolute atomic E-state index is 0.0899. The standard InChI is InChI=1S/C13H26O6.C10H20O2/c1-2-11(12(17)18)5-3-4-6-19-10-13(7-14,8-15)9-16;1-3-5-6-8-9(7-4-2)10(11)12/h11,14-16H,2-10H2,1H3,(H,17,18);9H,3-8H2,1-2H3,(H,11,12). The largest absolute Gasteiger partial charge is 0.481 e. The maximum Gasteiger partial charge on any atom is 0.306 e. The fraction of sp³-hybridized carbons (Fsp3) is 0.913. The summed E-state index contributed by atoms with van der Waals surface area (Å²) < 4.78 is 5.32. The summed E-state index contributed by atoms with van der Waals surface area (Å²) in [6.07, 6.45) is 8.79. The number of carboxylic acids is 2. The van der Waals surface area contributed by atoms with Crippen molar-refractivity contribution in [2.45, 2.75) is 85.0 Å². The van der Waals surface area contributed by atoms with Gasteiger partial charge < -0.3 is 30.3 Å². The van der Waals surface area contributed by atoms with Crippen molar-refractivity contribution in [3.8, 4) is 0 Å². The van der Waals surface area contributed by atoms with Crippen LogP contribution in [0.5, 0.6) is 0 Å². The molecule has 186 valence electrons. The van der Waals surface area contributed by atoms with Crippen LogP contribution in [0.25, 0.3) is 0 Å². The zero-order valence-corrected chi connectivity index (χ0v) is 19.7. The van der Waals surface area contributed by atoms with E-state index in [1.54, 1.807) is 0 Å². The summed E-state index contributed by atoms with van der Waals surface area (Å²) in [5, 5.41) is 44.9. The van der Waals surface area contributed by atoms with Gasteiger partial charge in [0.05, 0.1) is 43.7 Å². The Morgan fingerprint density at radius 2 is 1.26 bits per heavy atom. The number of aliphatic hydroxyl groups is 3. The number of rotatable bonds is 19. The normalized spacial score (nSPS) is 13.2. The molecule has 0 saturated heterocycles. The Morgan fingerprint density at radius 3 is 1.68 bits per heavy atom. The van der Waals surface area contributed by atoms with Gasteiger partial charge in [-0.2, -0.15) is 0 Å². The van der Waals surface area contributed by atoms with Gasteiger partial charge in [-0.05, 0) is 32.1 Å². The van der Waals surface area contributed by atoms with Crippen LogP contribution in [0, 0.1) is 17.3 Å². The summed E-state index contributed by atoms with van der Waals surface area (Å²) in [5.74, 6) is -1.77. The van der Waals surface area contributed by atoms with Crippen LogP contribution in [0.1, 0.15) is 85.0 Å². The Bertz CT molecular complexity index is 429. The maximum absolute atomic E-state index is 10.8. The molecule has 8 nitrogen and oxygen atoms in total. The monoisotopic (exact) mass is 450 g/mol. The van der Waals surface area contributed by atoms with Crippen LogP contribution in [0.4, 0.5) is 0 Å². The van der Waals surface area contributed by atoms with E-state index in [0.29, 0.717) is 19.4 Å². The van der Waals surface area contributed by atoms with Gasteiger partial charge in [0.2, 0.25) is 0 Å². The molecule has 0 aromatic rings. The van der Waals surface area contributed by atoms with Crippen LogP contribution in [0.2, 0.25) is 0 Å². The quantitative estimate of drug-likeness (QED) is 0.188. The van der Waals surface area contributed by atoms with Crippen molar-refractivity contribution in [2.75, 3.05) is 33.0 Å². The number of hydrogen-bond donors (Lipinski definition) is 5. The predicted octanol–water partition coefficient (Wildman–Crippen LogP) is 3.32. The third-order valence-electron chi connectivity index (χ3n) is 5.49. The summed E-state index contributed by atoms with van der Waals surface area (Å²) in [6, 6.07) is 0. The van der Waals surface area contributed by atoms with Gasteiger partial charge in [0.1, 0.15) is 0 Å². The molecule has 0 heterocycles. The van der Waals surface area contributed by atoms with Crippen molar-refractivity contribution < 1.29 is 39.9 Å². The van der Waals surface area contributed by atoms with E-state index in [4.69, 9.17) is 30.3 Å². The minimum atomic E-state index is -0.993. The highest BCUT2D eigenvalue weighted by Gasteiger charge is 2.28. The van der Waals surface area contributed by atoms with E-state index in [1.807, 2.05) is 13.8 Å². The van der Waals surface area contributed by atoms with E-state index in [-0.39, 0.29) is 38.3 Å². The second-order valence-electron chi connectivity index (χ2n) is 8.29. The van der Waals surface area contributed by atoms with Crippen molar-refractivity contribution in [1.29, 1.82) is 0 Å². The molecule has 0 aromatic heterocycles. The molecule has 0 aliphatic carbocycles. The molecule has 0 amide bonds.